The van der Waals surface area contributed by atoms with Gasteiger partial charge in [0.15, 0.2) is 11.5 Å². The molecule has 1 N–H and O–H groups in total. The Labute approximate surface area is 188 Å². The van der Waals surface area contributed by atoms with Crippen LogP contribution in [-0.4, -0.2) is 31.0 Å². The number of rotatable bonds is 6. The van der Waals surface area contributed by atoms with E-state index in [9.17, 15) is 9.90 Å². The Bertz CT molecular complexity index is 1130. The first-order chi connectivity index (χ1) is 15.0. The molecular formula is C24H21BrN2O4. The number of para-hydroxylation sites is 1. The molecule has 4 rings (SSSR count). The molecule has 1 aliphatic rings. The number of hydrogen-bond acceptors (Lipinski definition) is 5. The van der Waals surface area contributed by atoms with Gasteiger partial charge in [-0.1, -0.05) is 52.3 Å². The predicted octanol–water partition coefficient (Wildman–Crippen LogP) is 5.52. The average Bonchev–Trinajstić information content (AvgIpc) is 3.24. The molecule has 1 aliphatic heterocycles. The largest absolute Gasteiger partial charge is 0.493 e. The first-order valence-electron chi connectivity index (χ1n) is 9.69. The smallest absolute Gasteiger partial charge is 0.339 e. The lowest BCUT2D eigenvalue weighted by Crippen LogP contribution is -2.21. The number of benzene rings is 3. The second-order valence-electron chi connectivity index (χ2n) is 7.02. The minimum absolute atomic E-state index is 0.0834. The number of ether oxygens (including phenoxy) is 2. The number of aromatic carboxylic acids is 1. The molecular weight excluding hydrogens is 460 g/mol. The lowest BCUT2D eigenvalue weighted by atomic mass is 9.93. The first-order valence-corrected chi connectivity index (χ1v) is 10.5. The van der Waals surface area contributed by atoms with E-state index in [0.717, 1.165) is 21.4 Å². The van der Waals surface area contributed by atoms with Crippen molar-refractivity contribution in [1.82, 2.24) is 0 Å². The molecule has 7 heteroatoms. The van der Waals surface area contributed by atoms with Crippen LogP contribution in [0.3, 0.4) is 0 Å². The van der Waals surface area contributed by atoms with E-state index in [1.54, 1.807) is 12.1 Å². The quantitative estimate of drug-likeness (QED) is 0.502. The van der Waals surface area contributed by atoms with Crippen LogP contribution in [0.1, 0.15) is 33.9 Å². The molecule has 0 bridgehead atoms. The number of methoxy groups -OCH3 is 2. The second kappa shape index (κ2) is 8.81. The van der Waals surface area contributed by atoms with Crippen molar-refractivity contribution in [2.24, 2.45) is 5.10 Å². The summed E-state index contributed by atoms with van der Waals surface area (Å²) >= 11 is 3.46. The second-order valence-corrected chi connectivity index (χ2v) is 7.94. The number of carboxylic acids is 1. The predicted molar refractivity (Wildman–Crippen MR) is 123 cm³/mol. The summed E-state index contributed by atoms with van der Waals surface area (Å²) in [4.78, 5) is 12.3. The van der Waals surface area contributed by atoms with Gasteiger partial charge in [-0.3, -0.25) is 5.01 Å². The molecule has 158 valence electrons. The molecule has 31 heavy (non-hydrogen) atoms. The number of nitrogens with zero attached hydrogens (tertiary/aromatic N) is 2. The van der Waals surface area contributed by atoms with Gasteiger partial charge in [0.2, 0.25) is 0 Å². The monoisotopic (exact) mass is 480 g/mol. The van der Waals surface area contributed by atoms with Crippen molar-refractivity contribution in [3.63, 3.8) is 0 Å². The molecule has 0 spiro atoms. The molecule has 6 nitrogen and oxygen atoms in total. The number of carboxylic acid groups (broad SMARTS) is 1. The fourth-order valence-electron chi connectivity index (χ4n) is 3.83. The maximum atomic E-state index is 12.3. The van der Waals surface area contributed by atoms with Gasteiger partial charge in [-0.05, 0) is 41.5 Å². The van der Waals surface area contributed by atoms with E-state index in [1.165, 1.54) is 14.2 Å². The fourth-order valence-corrected chi connectivity index (χ4v) is 4.09. The van der Waals surface area contributed by atoms with E-state index in [2.05, 4.69) is 15.9 Å². The molecule has 0 unspecified atom stereocenters. The lowest BCUT2D eigenvalue weighted by Gasteiger charge is -2.26. The maximum Gasteiger partial charge on any atom is 0.339 e. The summed E-state index contributed by atoms with van der Waals surface area (Å²) in [5, 5.41) is 16.8. The topological polar surface area (TPSA) is 71.4 Å². The molecule has 0 amide bonds. The molecule has 0 saturated carbocycles. The van der Waals surface area contributed by atoms with Crippen molar-refractivity contribution in [2.45, 2.75) is 12.5 Å². The van der Waals surface area contributed by atoms with Gasteiger partial charge in [0.1, 0.15) is 5.56 Å². The van der Waals surface area contributed by atoms with Gasteiger partial charge in [-0.15, -0.1) is 0 Å². The number of hydrazone groups is 1. The standard InChI is InChI=1S/C24H21BrN2O4/c1-30-21-13-12-18(22(24(28)29)23(21)31-2)20-14-19(15-8-10-16(25)11-9-15)26-27(20)17-6-4-3-5-7-17/h3-13,20H,14H2,1-2H3,(H,28,29)/t20-/m1/s1. The number of anilines is 1. The highest BCUT2D eigenvalue weighted by Crippen LogP contribution is 2.43. The van der Waals surface area contributed by atoms with Crippen molar-refractivity contribution < 1.29 is 19.4 Å². The average molecular weight is 481 g/mol. The van der Waals surface area contributed by atoms with Crippen molar-refractivity contribution in [3.8, 4) is 11.5 Å². The zero-order valence-corrected chi connectivity index (χ0v) is 18.7. The Morgan fingerprint density at radius 2 is 1.74 bits per heavy atom. The van der Waals surface area contributed by atoms with Crippen molar-refractivity contribution in [3.05, 3.63) is 87.9 Å². The van der Waals surface area contributed by atoms with Crippen LogP contribution < -0.4 is 14.5 Å². The fraction of sp³-hybridized carbons (Fsp3) is 0.167. The summed E-state index contributed by atoms with van der Waals surface area (Å²) in [6.07, 6.45) is 0.548. The number of halogens is 1. The summed E-state index contributed by atoms with van der Waals surface area (Å²) in [5.41, 5.74) is 3.45. The third kappa shape index (κ3) is 4.01. The highest BCUT2D eigenvalue weighted by atomic mass is 79.9. The normalized spacial score (nSPS) is 15.5. The van der Waals surface area contributed by atoms with Crippen LogP contribution in [0.4, 0.5) is 5.69 Å². The molecule has 0 radical (unpaired) electrons. The summed E-state index contributed by atoms with van der Waals surface area (Å²) in [6.45, 7) is 0. The Hall–Kier alpha value is -3.32. The van der Waals surface area contributed by atoms with Gasteiger partial charge in [0.05, 0.1) is 31.7 Å². The third-order valence-corrected chi connectivity index (χ3v) is 5.79. The SMILES string of the molecule is COc1ccc([C@H]2CC(c3ccc(Br)cc3)=NN2c2ccccc2)c(C(=O)O)c1OC. The molecule has 1 heterocycles. The zero-order valence-electron chi connectivity index (χ0n) is 17.1. The van der Waals surface area contributed by atoms with Crippen LogP contribution in [-0.2, 0) is 0 Å². The van der Waals surface area contributed by atoms with E-state index in [1.807, 2.05) is 59.6 Å². The van der Waals surface area contributed by atoms with Gasteiger partial charge in [0.25, 0.3) is 0 Å². The molecule has 0 fully saturated rings. The summed E-state index contributed by atoms with van der Waals surface area (Å²) in [5.74, 6) is -0.490. The Morgan fingerprint density at radius 1 is 1.03 bits per heavy atom. The van der Waals surface area contributed by atoms with Crippen molar-refractivity contribution >= 4 is 33.3 Å². The molecule has 0 saturated heterocycles. The molecule has 0 aromatic heterocycles. The Balaban J connectivity index is 1.85. The molecule has 3 aromatic carbocycles. The van der Waals surface area contributed by atoms with E-state index < -0.39 is 5.97 Å². The minimum atomic E-state index is -1.07. The highest BCUT2D eigenvalue weighted by Gasteiger charge is 2.35. The molecule has 1 atom stereocenters. The van der Waals surface area contributed by atoms with Crippen molar-refractivity contribution in [1.29, 1.82) is 0 Å². The van der Waals surface area contributed by atoms with Gasteiger partial charge in [-0.25, -0.2) is 4.79 Å². The lowest BCUT2D eigenvalue weighted by molar-refractivity contribution is 0.0690. The minimum Gasteiger partial charge on any atom is -0.493 e. The molecule has 3 aromatic rings. The van der Waals surface area contributed by atoms with Crippen LogP contribution in [0.25, 0.3) is 0 Å². The summed E-state index contributed by atoms with van der Waals surface area (Å²) in [6, 6.07) is 20.9. The van der Waals surface area contributed by atoms with Gasteiger partial charge >= 0.3 is 5.97 Å². The van der Waals surface area contributed by atoms with Crippen LogP contribution in [0.5, 0.6) is 11.5 Å². The van der Waals surface area contributed by atoms with Gasteiger partial charge < -0.3 is 14.6 Å². The molecule has 0 aliphatic carbocycles. The zero-order chi connectivity index (χ0) is 22.0. The van der Waals surface area contributed by atoms with E-state index in [4.69, 9.17) is 14.6 Å². The van der Waals surface area contributed by atoms with Gasteiger partial charge in [-0.2, -0.15) is 5.10 Å². The van der Waals surface area contributed by atoms with E-state index >= 15 is 0 Å². The number of hydrogen-bond donors (Lipinski definition) is 1. The Kier molecular flexibility index (Phi) is 5.95. The van der Waals surface area contributed by atoms with Crippen LogP contribution >= 0.6 is 15.9 Å². The maximum absolute atomic E-state index is 12.3. The van der Waals surface area contributed by atoms with Crippen molar-refractivity contribution in [2.75, 3.05) is 19.2 Å². The Morgan fingerprint density at radius 3 is 2.35 bits per heavy atom. The number of carbonyl (C=O) groups is 1. The summed E-state index contributed by atoms with van der Waals surface area (Å²) in [7, 11) is 2.94. The third-order valence-electron chi connectivity index (χ3n) is 5.26. The highest BCUT2D eigenvalue weighted by molar-refractivity contribution is 9.10. The van der Waals surface area contributed by atoms with Crippen LogP contribution in [0.15, 0.2) is 76.3 Å². The van der Waals surface area contributed by atoms with E-state index in [0.29, 0.717) is 17.7 Å². The first kappa shape index (κ1) is 20.9. The van der Waals surface area contributed by atoms with Gasteiger partial charge in [0, 0.05) is 10.9 Å². The van der Waals surface area contributed by atoms with Crippen LogP contribution in [0.2, 0.25) is 0 Å². The van der Waals surface area contributed by atoms with E-state index in [-0.39, 0.29) is 17.4 Å². The summed E-state index contributed by atoms with van der Waals surface area (Å²) < 4.78 is 11.7. The van der Waals surface area contributed by atoms with Crippen LogP contribution in [0, 0.1) is 0 Å².